The Hall–Kier alpha value is -3.85. The highest BCUT2D eigenvalue weighted by Crippen LogP contribution is 2.26. The minimum absolute atomic E-state index is 0.119. The molecule has 0 atom stereocenters. The molecule has 0 bridgehead atoms. The molecule has 35 heavy (non-hydrogen) atoms. The molecule has 0 aliphatic carbocycles. The van der Waals surface area contributed by atoms with E-state index in [-0.39, 0.29) is 30.9 Å². The number of carbonyl (C=O) groups is 1. The van der Waals surface area contributed by atoms with E-state index in [4.69, 9.17) is 18.0 Å². The number of thiophene rings is 1. The quantitative estimate of drug-likeness (QED) is 0.332. The van der Waals surface area contributed by atoms with E-state index >= 15 is 0 Å². The third-order valence-electron chi connectivity index (χ3n) is 4.97. The van der Waals surface area contributed by atoms with Gasteiger partial charge in [0.15, 0.2) is 0 Å². The largest absolute Gasteiger partial charge is 0.386 e. The Morgan fingerprint density at radius 1 is 1.17 bits per heavy atom. The van der Waals surface area contributed by atoms with Crippen molar-refractivity contribution in [2.75, 3.05) is 17.7 Å². The molecule has 0 unspecified atom stereocenters. The molecule has 3 N–H and O–H groups in total. The van der Waals surface area contributed by atoms with Gasteiger partial charge in [-0.3, -0.25) is 9.36 Å². The number of aromatic nitrogens is 1. The van der Waals surface area contributed by atoms with Crippen molar-refractivity contribution in [3.05, 3.63) is 80.8 Å². The number of halogens is 2. The Bertz CT molecular complexity index is 1690. The molecule has 4 aromatic rings. The number of hydrogen-bond donors (Lipinski definition) is 3. The SMILES string of the molecule is C#Cc1cc(NC(=O)NS(=O)(=O)c2ccc(Cl)s2)ccc1-n1ccc2cc(NC)c(F)cc2c1=O. The second kappa shape index (κ2) is 9.42. The lowest BCUT2D eigenvalue weighted by molar-refractivity contribution is 0.256. The summed E-state index contributed by atoms with van der Waals surface area (Å²) >= 11 is 6.56. The molecular formula is C23H16ClFN4O4S2. The molecule has 0 aliphatic rings. The zero-order valence-electron chi connectivity index (χ0n) is 17.9. The number of anilines is 2. The zero-order valence-corrected chi connectivity index (χ0v) is 20.3. The fourth-order valence-electron chi connectivity index (χ4n) is 3.36. The van der Waals surface area contributed by atoms with Crippen LogP contribution in [-0.2, 0) is 10.0 Å². The van der Waals surface area contributed by atoms with Crippen LogP contribution in [0.4, 0.5) is 20.6 Å². The smallest absolute Gasteiger partial charge is 0.333 e. The third-order valence-corrected chi connectivity index (χ3v) is 8.02. The highest BCUT2D eigenvalue weighted by Gasteiger charge is 2.20. The van der Waals surface area contributed by atoms with Crippen molar-refractivity contribution in [1.29, 1.82) is 0 Å². The molecule has 178 valence electrons. The Morgan fingerprint density at radius 3 is 2.60 bits per heavy atom. The van der Waals surface area contributed by atoms with Gasteiger partial charge in [-0.25, -0.2) is 22.3 Å². The van der Waals surface area contributed by atoms with Crippen LogP contribution in [0, 0.1) is 18.2 Å². The molecule has 12 heteroatoms. The first kappa shape index (κ1) is 24.3. The Kier molecular flexibility index (Phi) is 6.53. The summed E-state index contributed by atoms with van der Waals surface area (Å²) in [4.78, 5) is 25.3. The molecule has 2 amide bonds. The second-order valence-electron chi connectivity index (χ2n) is 7.15. The van der Waals surface area contributed by atoms with E-state index in [1.54, 1.807) is 13.1 Å². The lowest BCUT2D eigenvalue weighted by Crippen LogP contribution is -2.34. The van der Waals surface area contributed by atoms with E-state index in [1.165, 1.54) is 47.2 Å². The summed E-state index contributed by atoms with van der Waals surface area (Å²) in [5, 5.41) is 5.82. The van der Waals surface area contributed by atoms with Crippen LogP contribution in [-0.4, -0.2) is 26.1 Å². The molecular weight excluding hydrogens is 515 g/mol. The second-order valence-corrected chi connectivity index (χ2v) is 10.8. The highest BCUT2D eigenvalue weighted by molar-refractivity contribution is 7.92. The van der Waals surface area contributed by atoms with E-state index < -0.39 is 27.4 Å². The van der Waals surface area contributed by atoms with Crippen LogP contribution >= 0.6 is 22.9 Å². The summed E-state index contributed by atoms with van der Waals surface area (Å²) in [6, 6.07) is 10.3. The Balaban J connectivity index is 1.63. The summed E-state index contributed by atoms with van der Waals surface area (Å²) in [7, 11) is -2.53. The Labute approximate surface area is 208 Å². The zero-order chi connectivity index (χ0) is 25.3. The number of hydrogen-bond acceptors (Lipinski definition) is 6. The maximum absolute atomic E-state index is 14.2. The lowest BCUT2D eigenvalue weighted by atomic mass is 10.1. The number of urea groups is 1. The van der Waals surface area contributed by atoms with Crippen molar-refractivity contribution in [3.63, 3.8) is 0 Å². The van der Waals surface area contributed by atoms with Gasteiger partial charge in [0.05, 0.1) is 26.7 Å². The molecule has 0 saturated carbocycles. The number of rotatable bonds is 5. The van der Waals surface area contributed by atoms with Gasteiger partial charge in [0, 0.05) is 18.9 Å². The molecule has 0 fully saturated rings. The molecule has 2 aromatic carbocycles. The first-order chi connectivity index (χ1) is 16.6. The average molecular weight is 531 g/mol. The van der Waals surface area contributed by atoms with Gasteiger partial charge in [-0.1, -0.05) is 17.5 Å². The molecule has 0 spiro atoms. The molecule has 8 nitrogen and oxygen atoms in total. The number of benzene rings is 2. The molecule has 0 aliphatic heterocycles. The van der Waals surface area contributed by atoms with Crippen LogP contribution in [0.5, 0.6) is 0 Å². The topological polar surface area (TPSA) is 109 Å². The van der Waals surface area contributed by atoms with Crippen molar-refractivity contribution in [2.24, 2.45) is 0 Å². The van der Waals surface area contributed by atoms with Gasteiger partial charge in [-0.2, -0.15) is 0 Å². The minimum Gasteiger partial charge on any atom is -0.386 e. The number of nitrogens with zero attached hydrogens (tertiary/aromatic N) is 1. The number of terminal acetylenes is 1. The van der Waals surface area contributed by atoms with Gasteiger partial charge in [0.2, 0.25) is 0 Å². The van der Waals surface area contributed by atoms with Crippen molar-refractivity contribution in [2.45, 2.75) is 4.21 Å². The van der Waals surface area contributed by atoms with Gasteiger partial charge in [-0.15, -0.1) is 17.8 Å². The highest BCUT2D eigenvalue weighted by atomic mass is 35.5. The molecule has 4 rings (SSSR count). The number of sulfonamides is 1. The van der Waals surface area contributed by atoms with Gasteiger partial charge in [0.25, 0.3) is 15.6 Å². The first-order valence-corrected chi connectivity index (χ1v) is 12.5. The van der Waals surface area contributed by atoms with Gasteiger partial charge < -0.3 is 10.6 Å². The van der Waals surface area contributed by atoms with E-state index in [0.29, 0.717) is 11.1 Å². The molecule has 0 saturated heterocycles. The van der Waals surface area contributed by atoms with Crippen LogP contribution in [0.1, 0.15) is 5.56 Å². The lowest BCUT2D eigenvalue weighted by Gasteiger charge is -2.13. The third kappa shape index (κ3) is 4.85. The number of amides is 2. The summed E-state index contributed by atoms with van der Waals surface area (Å²) in [5.41, 5.74) is 0.530. The maximum Gasteiger partial charge on any atom is 0.333 e. The number of nitrogens with one attached hydrogen (secondary N) is 3. The van der Waals surface area contributed by atoms with E-state index in [9.17, 15) is 22.4 Å². The normalized spacial score (nSPS) is 11.1. The number of fused-ring (bicyclic) bond motifs is 1. The standard InChI is InChI=1S/C23H16ClFN4O4S2/c1-3-13-10-15(27-23(31)28-35(32,33)21-7-6-20(24)34-21)4-5-19(13)29-9-8-14-11-18(26-2)17(25)12-16(14)22(29)30/h1,4-12,26H,2H3,(H2,27,28,31). The number of pyridine rings is 1. The van der Waals surface area contributed by atoms with Crippen molar-refractivity contribution in [3.8, 4) is 18.0 Å². The van der Waals surface area contributed by atoms with Gasteiger partial charge in [-0.05, 0) is 53.9 Å². The fourth-order valence-corrected chi connectivity index (χ4v) is 5.75. The van der Waals surface area contributed by atoms with Crippen LogP contribution < -0.4 is 20.9 Å². The van der Waals surface area contributed by atoms with Crippen LogP contribution in [0.15, 0.2) is 63.7 Å². The predicted molar refractivity (Wildman–Crippen MR) is 136 cm³/mol. The number of carbonyl (C=O) groups excluding carboxylic acids is 1. The molecule has 2 aromatic heterocycles. The van der Waals surface area contributed by atoms with Gasteiger partial charge >= 0.3 is 6.03 Å². The summed E-state index contributed by atoms with van der Waals surface area (Å²) in [6.07, 6.45) is 7.13. The summed E-state index contributed by atoms with van der Waals surface area (Å²) < 4.78 is 42.1. The first-order valence-electron chi connectivity index (χ1n) is 9.86. The van der Waals surface area contributed by atoms with Gasteiger partial charge in [0.1, 0.15) is 10.0 Å². The predicted octanol–water partition coefficient (Wildman–Crippen LogP) is 4.38. The van der Waals surface area contributed by atoms with E-state index in [0.717, 1.165) is 17.4 Å². The van der Waals surface area contributed by atoms with E-state index in [1.807, 2.05) is 4.72 Å². The minimum atomic E-state index is -4.11. The summed E-state index contributed by atoms with van der Waals surface area (Å²) in [5.74, 6) is 1.87. The van der Waals surface area contributed by atoms with Crippen molar-refractivity contribution in [1.82, 2.24) is 9.29 Å². The average Bonchev–Trinajstić information content (AvgIpc) is 3.26. The monoisotopic (exact) mass is 530 g/mol. The maximum atomic E-state index is 14.2. The van der Waals surface area contributed by atoms with Crippen molar-refractivity contribution < 1.29 is 17.6 Å². The van der Waals surface area contributed by atoms with Crippen LogP contribution in [0.25, 0.3) is 16.5 Å². The van der Waals surface area contributed by atoms with Crippen LogP contribution in [0.3, 0.4) is 0 Å². The van der Waals surface area contributed by atoms with Crippen molar-refractivity contribution >= 4 is 61.1 Å². The summed E-state index contributed by atoms with van der Waals surface area (Å²) in [6.45, 7) is 0. The molecule has 2 heterocycles. The Morgan fingerprint density at radius 2 is 1.94 bits per heavy atom. The van der Waals surface area contributed by atoms with E-state index in [2.05, 4.69) is 16.6 Å². The fraction of sp³-hybridized carbons (Fsp3) is 0.0435. The van der Waals surface area contributed by atoms with Crippen LogP contribution in [0.2, 0.25) is 4.34 Å². The molecule has 0 radical (unpaired) electrons.